The lowest BCUT2D eigenvalue weighted by Crippen LogP contribution is -2.32. The summed E-state index contributed by atoms with van der Waals surface area (Å²) in [4.78, 5) is 11.6. The first-order valence-corrected chi connectivity index (χ1v) is 6.49. The standard InChI is InChI=1S/C9H16O3S/c1-3-8(13(11,12)4-2)9(10)7-5-6-7/h7-8H,3-6H2,1-2H3/t8-/m1/s1. The molecule has 13 heavy (non-hydrogen) atoms. The van der Waals surface area contributed by atoms with E-state index in [2.05, 4.69) is 0 Å². The smallest absolute Gasteiger partial charge is 0.159 e. The van der Waals surface area contributed by atoms with Crippen molar-refractivity contribution >= 4 is 15.6 Å². The van der Waals surface area contributed by atoms with E-state index in [0.717, 1.165) is 12.8 Å². The number of rotatable bonds is 5. The number of sulfone groups is 1. The van der Waals surface area contributed by atoms with Gasteiger partial charge in [-0.15, -0.1) is 0 Å². The maximum atomic E-state index is 11.6. The second-order valence-electron chi connectivity index (χ2n) is 3.53. The van der Waals surface area contributed by atoms with Gasteiger partial charge in [0.25, 0.3) is 0 Å². The average molecular weight is 204 g/mol. The Hall–Kier alpha value is -0.380. The Bertz CT molecular complexity index is 288. The molecule has 0 amide bonds. The van der Waals surface area contributed by atoms with Crippen molar-refractivity contribution in [1.29, 1.82) is 0 Å². The van der Waals surface area contributed by atoms with Gasteiger partial charge in [0.05, 0.1) is 0 Å². The zero-order valence-corrected chi connectivity index (χ0v) is 8.93. The number of Topliss-reactive ketones (excluding diaryl/α,β-unsaturated/α-hetero) is 1. The van der Waals surface area contributed by atoms with Gasteiger partial charge in [0.15, 0.2) is 15.6 Å². The number of carbonyl (C=O) groups excluding carboxylic acids is 1. The molecule has 0 N–H and O–H groups in total. The summed E-state index contributed by atoms with van der Waals surface area (Å²) in [7, 11) is -3.16. The largest absolute Gasteiger partial charge is 0.298 e. The summed E-state index contributed by atoms with van der Waals surface area (Å²) in [5.74, 6) is 0.0693. The molecule has 1 atom stereocenters. The van der Waals surface area contributed by atoms with Gasteiger partial charge in [0.1, 0.15) is 5.25 Å². The predicted octanol–water partition coefficient (Wildman–Crippen LogP) is 1.18. The van der Waals surface area contributed by atoms with E-state index in [4.69, 9.17) is 0 Å². The number of hydrogen-bond donors (Lipinski definition) is 0. The first kappa shape index (κ1) is 10.7. The van der Waals surface area contributed by atoms with Crippen LogP contribution in [0.2, 0.25) is 0 Å². The molecule has 0 unspecified atom stereocenters. The Labute approximate surface area is 79.4 Å². The molecule has 0 spiro atoms. The zero-order valence-electron chi connectivity index (χ0n) is 8.12. The normalized spacial score (nSPS) is 19.8. The Morgan fingerprint density at radius 1 is 1.38 bits per heavy atom. The molecule has 1 aliphatic rings. The van der Waals surface area contributed by atoms with Gasteiger partial charge in [-0.2, -0.15) is 0 Å². The average Bonchev–Trinajstić information content (AvgIpc) is 2.87. The lowest BCUT2D eigenvalue weighted by atomic mass is 10.1. The maximum Gasteiger partial charge on any atom is 0.159 e. The highest BCUT2D eigenvalue weighted by Gasteiger charge is 2.39. The molecule has 1 aliphatic carbocycles. The molecule has 0 aromatic carbocycles. The highest BCUT2D eigenvalue weighted by Crippen LogP contribution is 2.33. The van der Waals surface area contributed by atoms with Crippen LogP contribution in [-0.4, -0.2) is 25.2 Å². The molecule has 1 fully saturated rings. The van der Waals surface area contributed by atoms with Crippen molar-refractivity contribution in [2.75, 3.05) is 5.75 Å². The molecule has 3 nitrogen and oxygen atoms in total. The molecule has 0 heterocycles. The molecule has 0 aliphatic heterocycles. The van der Waals surface area contributed by atoms with Crippen LogP contribution >= 0.6 is 0 Å². The number of hydrogen-bond acceptors (Lipinski definition) is 3. The van der Waals surface area contributed by atoms with Crippen molar-refractivity contribution in [2.24, 2.45) is 5.92 Å². The van der Waals surface area contributed by atoms with E-state index in [0.29, 0.717) is 6.42 Å². The fourth-order valence-electron chi connectivity index (χ4n) is 1.46. The molecule has 0 aromatic heterocycles. The maximum absolute atomic E-state index is 11.6. The van der Waals surface area contributed by atoms with Crippen LogP contribution in [0.4, 0.5) is 0 Å². The lowest BCUT2D eigenvalue weighted by molar-refractivity contribution is -0.119. The zero-order chi connectivity index (χ0) is 10.1. The van der Waals surface area contributed by atoms with Gasteiger partial charge in [-0.05, 0) is 19.3 Å². The van der Waals surface area contributed by atoms with Crippen molar-refractivity contribution in [3.63, 3.8) is 0 Å². The summed E-state index contributed by atoms with van der Waals surface area (Å²) in [6.07, 6.45) is 2.19. The van der Waals surface area contributed by atoms with Gasteiger partial charge in [-0.25, -0.2) is 8.42 Å². The van der Waals surface area contributed by atoms with Gasteiger partial charge in [-0.3, -0.25) is 4.79 Å². The summed E-state index contributed by atoms with van der Waals surface area (Å²) in [5, 5.41) is -0.731. The van der Waals surface area contributed by atoms with Crippen molar-refractivity contribution in [2.45, 2.75) is 38.4 Å². The van der Waals surface area contributed by atoms with E-state index in [1.807, 2.05) is 0 Å². The lowest BCUT2D eigenvalue weighted by Gasteiger charge is -2.12. The Morgan fingerprint density at radius 3 is 2.23 bits per heavy atom. The summed E-state index contributed by atoms with van der Waals surface area (Å²) in [6, 6.07) is 0. The highest BCUT2D eigenvalue weighted by atomic mass is 32.2. The third kappa shape index (κ3) is 2.30. The third-order valence-corrected chi connectivity index (χ3v) is 4.74. The minimum Gasteiger partial charge on any atom is -0.298 e. The third-order valence-electron chi connectivity index (χ3n) is 2.50. The summed E-state index contributed by atoms with van der Waals surface area (Å²) in [6.45, 7) is 3.36. The van der Waals surface area contributed by atoms with Crippen LogP contribution in [0.5, 0.6) is 0 Å². The molecule has 0 radical (unpaired) electrons. The summed E-state index contributed by atoms with van der Waals surface area (Å²) in [5.41, 5.74) is 0. The highest BCUT2D eigenvalue weighted by molar-refractivity contribution is 7.92. The Kier molecular flexibility index (Phi) is 3.11. The van der Waals surface area contributed by atoms with Gasteiger partial charge in [-0.1, -0.05) is 13.8 Å². The summed E-state index contributed by atoms with van der Waals surface area (Å²) < 4.78 is 23.0. The molecule has 1 rings (SSSR count). The fourth-order valence-corrected chi connectivity index (χ4v) is 2.92. The monoisotopic (exact) mass is 204 g/mol. The topological polar surface area (TPSA) is 51.2 Å². The molecule has 4 heteroatoms. The van der Waals surface area contributed by atoms with Crippen molar-refractivity contribution < 1.29 is 13.2 Å². The fraction of sp³-hybridized carbons (Fsp3) is 0.889. The molecule has 1 saturated carbocycles. The Balaban J connectivity index is 2.77. The molecular weight excluding hydrogens is 188 g/mol. The van der Waals surface area contributed by atoms with Gasteiger partial charge in [0.2, 0.25) is 0 Å². The van der Waals surface area contributed by atoms with Crippen LogP contribution in [0.3, 0.4) is 0 Å². The van der Waals surface area contributed by atoms with E-state index < -0.39 is 15.1 Å². The van der Waals surface area contributed by atoms with Gasteiger partial charge >= 0.3 is 0 Å². The van der Waals surface area contributed by atoms with E-state index in [-0.39, 0.29) is 17.5 Å². The molecular formula is C9H16O3S. The minimum absolute atomic E-state index is 0.0475. The van der Waals surface area contributed by atoms with E-state index >= 15 is 0 Å². The number of carbonyl (C=O) groups is 1. The molecule has 0 bridgehead atoms. The SMILES string of the molecule is CC[C@H](C(=O)C1CC1)S(=O)(=O)CC. The molecule has 76 valence electrons. The predicted molar refractivity (Wildman–Crippen MR) is 51.3 cm³/mol. The van der Waals surface area contributed by atoms with Crippen molar-refractivity contribution in [3.05, 3.63) is 0 Å². The molecule has 0 saturated heterocycles. The van der Waals surface area contributed by atoms with Crippen LogP contribution < -0.4 is 0 Å². The molecule has 0 aromatic rings. The van der Waals surface area contributed by atoms with Crippen LogP contribution in [0.15, 0.2) is 0 Å². The van der Waals surface area contributed by atoms with Crippen LogP contribution in [0, 0.1) is 5.92 Å². The van der Waals surface area contributed by atoms with Gasteiger partial charge in [0, 0.05) is 11.7 Å². The van der Waals surface area contributed by atoms with E-state index in [1.54, 1.807) is 13.8 Å². The quantitative estimate of drug-likeness (QED) is 0.675. The minimum atomic E-state index is -3.16. The van der Waals surface area contributed by atoms with Gasteiger partial charge < -0.3 is 0 Å². The van der Waals surface area contributed by atoms with Crippen molar-refractivity contribution in [1.82, 2.24) is 0 Å². The number of ketones is 1. The van der Waals surface area contributed by atoms with E-state index in [1.165, 1.54) is 0 Å². The van der Waals surface area contributed by atoms with Crippen LogP contribution in [0.25, 0.3) is 0 Å². The Morgan fingerprint density at radius 2 is 1.92 bits per heavy atom. The van der Waals surface area contributed by atoms with E-state index in [9.17, 15) is 13.2 Å². The van der Waals surface area contributed by atoms with Crippen molar-refractivity contribution in [3.8, 4) is 0 Å². The van der Waals surface area contributed by atoms with Crippen LogP contribution in [-0.2, 0) is 14.6 Å². The first-order chi connectivity index (χ1) is 6.03. The van der Waals surface area contributed by atoms with Crippen LogP contribution in [0.1, 0.15) is 33.1 Å². The second kappa shape index (κ2) is 3.78. The summed E-state index contributed by atoms with van der Waals surface area (Å²) >= 11 is 0. The second-order valence-corrected chi connectivity index (χ2v) is 6.00. The first-order valence-electron chi connectivity index (χ1n) is 4.78.